The third-order valence-corrected chi connectivity index (χ3v) is 6.88. The van der Waals surface area contributed by atoms with Gasteiger partial charge in [-0.15, -0.1) is 23.1 Å². The maximum Gasteiger partial charge on any atom is 0.0580 e. The minimum Gasteiger partial charge on any atom is -0.147 e. The van der Waals surface area contributed by atoms with Gasteiger partial charge in [0.05, 0.1) is 5.25 Å². The molecular formula is C17H17ClS2. The molecule has 0 bridgehead atoms. The summed E-state index contributed by atoms with van der Waals surface area (Å²) in [7, 11) is 0. The molecule has 0 radical (unpaired) electrons. The molecular weight excluding hydrogens is 304 g/mol. The van der Waals surface area contributed by atoms with Gasteiger partial charge in [0.15, 0.2) is 0 Å². The number of thiophene rings is 1. The van der Waals surface area contributed by atoms with Crippen molar-refractivity contribution in [2.24, 2.45) is 0 Å². The van der Waals surface area contributed by atoms with E-state index in [1.807, 2.05) is 23.1 Å². The van der Waals surface area contributed by atoms with Crippen LogP contribution in [0.4, 0.5) is 0 Å². The monoisotopic (exact) mass is 320 g/mol. The topological polar surface area (TPSA) is 0 Å². The Morgan fingerprint density at radius 2 is 1.80 bits per heavy atom. The maximum absolute atomic E-state index is 6.44. The lowest BCUT2D eigenvalue weighted by Crippen LogP contribution is -1.99. The molecule has 0 saturated heterocycles. The van der Waals surface area contributed by atoms with Gasteiger partial charge in [-0.3, -0.25) is 0 Å². The van der Waals surface area contributed by atoms with Crippen molar-refractivity contribution in [2.45, 2.75) is 31.3 Å². The van der Waals surface area contributed by atoms with E-state index in [0.717, 1.165) is 5.02 Å². The molecule has 2 unspecified atom stereocenters. The Kier molecular flexibility index (Phi) is 3.98. The Bertz CT molecular complexity index is 656. The minimum atomic E-state index is 0.417. The van der Waals surface area contributed by atoms with E-state index in [9.17, 15) is 0 Å². The predicted molar refractivity (Wildman–Crippen MR) is 92.2 cm³/mol. The molecule has 1 aliphatic heterocycles. The quantitative estimate of drug-likeness (QED) is 0.576. The van der Waals surface area contributed by atoms with E-state index in [2.05, 4.69) is 56.5 Å². The first-order valence-corrected chi connectivity index (χ1v) is 8.91. The van der Waals surface area contributed by atoms with Crippen LogP contribution in [0.5, 0.6) is 0 Å². The van der Waals surface area contributed by atoms with Gasteiger partial charge in [0, 0.05) is 15.1 Å². The molecule has 0 saturated carbocycles. The van der Waals surface area contributed by atoms with Crippen molar-refractivity contribution in [3.05, 3.63) is 67.9 Å². The van der Waals surface area contributed by atoms with Crippen LogP contribution in [-0.2, 0) is 0 Å². The average Bonchev–Trinajstić information content (AvgIpc) is 3.06. The van der Waals surface area contributed by atoms with Crippen molar-refractivity contribution in [1.29, 1.82) is 0 Å². The molecule has 1 aromatic carbocycles. The summed E-state index contributed by atoms with van der Waals surface area (Å²) in [5, 5.41) is 3.97. The molecule has 3 heteroatoms. The second-order valence-electron chi connectivity index (χ2n) is 5.24. The molecule has 1 aromatic heterocycles. The Balaban J connectivity index is 1.93. The number of hydrogen-bond acceptors (Lipinski definition) is 2. The van der Waals surface area contributed by atoms with Gasteiger partial charge >= 0.3 is 0 Å². The number of benzene rings is 1. The van der Waals surface area contributed by atoms with E-state index in [1.165, 1.54) is 27.1 Å². The molecule has 0 aliphatic carbocycles. The van der Waals surface area contributed by atoms with Crippen LogP contribution in [-0.4, -0.2) is 0 Å². The Morgan fingerprint density at radius 3 is 2.50 bits per heavy atom. The molecule has 0 amide bonds. The van der Waals surface area contributed by atoms with Crippen molar-refractivity contribution in [3.63, 3.8) is 0 Å². The van der Waals surface area contributed by atoms with Gasteiger partial charge in [-0.05, 0) is 54.5 Å². The highest BCUT2D eigenvalue weighted by Gasteiger charge is 2.26. The highest BCUT2D eigenvalue weighted by molar-refractivity contribution is 8.00. The first kappa shape index (κ1) is 14.2. The van der Waals surface area contributed by atoms with Crippen LogP contribution in [0.2, 0.25) is 5.02 Å². The highest BCUT2D eigenvalue weighted by atomic mass is 35.5. The number of halogens is 1. The average molecular weight is 321 g/mol. The summed E-state index contributed by atoms with van der Waals surface area (Å²) in [6.07, 6.45) is 4.66. The van der Waals surface area contributed by atoms with Gasteiger partial charge in [-0.25, -0.2) is 0 Å². The lowest BCUT2D eigenvalue weighted by atomic mass is 9.96. The molecule has 1 aliphatic rings. The molecule has 0 spiro atoms. The van der Waals surface area contributed by atoms with Gasteiger partial charge in [0.2, 0.25) is 0 Å². The lowest BCUT2D eigenvalue weighted by molar-refractivity contribution is 1.14. The standard InChI is InChI=1S/C17H17ClS2/c1-10-9-11(2)17(18)12(3)16(10)15-7-6-14(20-15)13-5-4-8-19-13/h4-9,14-15H,1-3H3. The zero-order valence-electron chi connectivity index (χ0n) is 11.8. The second kappa shape index (κ2) is 5.59. The summed E-state index contributed by atoms with van der Waals surface area (Å²) in [6.45, 7) is 6.42. The van der Waals surface area contributed by atoms with Gasteiger partial charge in [0.25, 0.3) is 0 Å². The number of hydrogen-bond donors (Lipinski definition) is 0. The summed E-state index contributed by atoms with van der Waals surface area (Å²) < 4.78 is 0. The van der Waals surface area contributed by atoms with Gasteiger partial charge in [0.1, 0.15) is 0 Å². The second-order valence-corrected chi connectivity index (χ2v) is 7.89. The number of thioether (sulfide) groups is 1. The Labute approximate surface area is 133 Å². The fourth-order valence-electron chi connectivity index (χ4n) is 2.84. The van der Waals surface area contributed by atoms with Crippen molar-refractivity contribution < 1.29 is 0 Å². The van der Waals surface area contributed by atoms with Crippen LogP contribution in [0, 0.1) is 20.8 Å². The summed E-state index contributed by atoms with van der Waals surface area (Å²) in [5.41, 5.74) is 5.14. The van der Waals surface area contributed by atoms with E-state index in [1.54, 1.807) is 0 Å². The lowest BCUT2D eigenvalue weighted by Gasteiger charge is -2.19. The van der Waals surface area contributed by atoms with Crippen LogP contribution in [0.1, 0.15) is 37.6 Å². The van der Waals surface area contributed by atoms with E-state index in [-0.39, 0.29) is 0 Å². The molecule has 2 aromatic rings. The van der Waals surface area contributed by atoms with Crippen molar-refractivity contribution in [2.75, 3.05) is 0 Å². The zero-order valence-corrected chi connectivity index (χ0v) is 14.2. The molecule has 0 N–H and O–H groups in total. The Hall–Kier alpha value is -0.700. The van der Waals surface area contributed by atoms with Crippen molar-refractivity contribution in [3.8, 4) is 0 Å². The van der Waals surface area contributed by atoms with Crippen molar-refractivity contribution >= 4 is 34.7 Å². The van der Waals surface area contributed by atoms with Gasteiger partial charge in [-0.1, -0.05) is 35.9 Å². The summed E-state index contributed by atoms with van der Waals surface area (Å²) >= 11 is 10.3. The first-order chi connectivity index (χ1) is 9.58. The molecule has 0 nitrogen and oxygen atoms in total. The third-order valence-electron chi connectivity index (χ3n) is 3.80. The fourth-order valence-corrected chi connectivity index (χ4v) is 5.41. The highest BCUT2D eigenvalue weighted by Crippen LogP contribution is 2.50. The maximum atomic E-state index is 6.44. The SMILES string of the molecule is Cc1cc(C)c(C2C=CC(c3cccs3)S2)c(C)c1Cl. The van der Waals surface area contributed by atoms with Crippen molar-refractivity contribution in [1.82, 2.24) is 0 Å². The molecule has 20 heavy (non-hydrogen) atoms. The van der Waals surface area contributed by atoms with E-state index in [0.29, 0.717) is 10.5 Å². The first-order valence-electron chi connectivity index (χ1n) is 6.71. The van der Waals surface area contributed by atoms with Gasteiger partial charge in [-0.2, -0.15) is 0 Å². The summed E-state index contributed by atoms with van der Waals surface area (Å²) in [5.74, 6) is 0. The summed E-state index contributed by atoms with van der Waals surface area (Å²) in [4.78, 5) is 1.43. The van der Waals surface area contributed by atoms with Crippen LogP contribution < -0.4 is 0 Å². The van der Waals surface area contributed by atoms with E-state index >= 15 is 0 Å². The van der Waals surface area contributed by atoms with E-state index < -0.39 is 0 Å². The molecule has 3 rings (SSSR count). The van der Waals surface area contributed by atoms with E-state index in [4.69, 9.17) is 11.6 Å². The normalized spacial score (nSPS) is 21.6. The fraction of sp³-hybridized carbons (Fsp3) is 0.294. The molecule has 2 heterocycles. The largest absolute Gasteiger partial charge is 0.147 e. The minimum absolute atomic E-state index is 0.417. The zero-order chi connectivity index (χ0) is 14.3. The molecule has 0 fully saturated rings. The number of aryl methyl sites for hydroxylation is 2. The number of rotatable bonds is 2. The summed E-state index contributed by atoms with van der Waals surface area (Å²) in [6, 6.07) is 6.55. The van der Waals surface area contributed by atoms with Gasteiger partial charge < -0.3 is 0 Å². The van der Waals surface area contributed by atoms with Crippen LogP contribution >= 0.6 is 34.7 Å². The Morgan fingerprint density at radius 1 is 1.05 bits per heavy atom. The smallest absolute Gasteiger partial charge is 0.0580 e. The third kappa shape index (κ3) is 2.45. The predicted octanol–water partition coefficient (Wildman–Crippen LogP) is 6.41. The van der Waals surface area contributed by atoms with Crippen LogP contribution in [0.15, 0.2) is 35.7 Å². The van der Waals surface area contributed by atoms with Crippen LogP contribution in [0.3, 0.4) is 0 Å². The molecule has 2 atom stereocenters. The van der Waals surface area contributed by atoms with Crippen LogP contribution in [0.25, 0.3) is 0 Å². The molecule has 104 valence electrons.